The van der Waals surface area contributed by atoms with Gasteiger partial charge >= 0.3 is 0 Å². The standard InChI is InChI=1S/C11H13Cl3/c1-2-9(12)5-3-8-4-6-10(13)11(14)7-8/h4,6-7,9H,2-3,5H2,1H3. The topological polar surface area (TPSA) is 0 Å². The summed E-state index contributed by atoms with van der Waals surface area (Å²) in [6.45, 7) is 2.09. The van der Waals surface area contributed by atoms with Gasteiger partial charge in [-0.2, -0.15) is 0 Å². The number of benzene rings is 1. The Morgan fingerprint density at radius 2 is 1.93 bits per heavy atom. The summed E-state index contributed by atoms with van der Waals surface area (Å²) >= 11 is 17.7. The smallest absolute Gasteiger partial charge is 0.0595 e. The molecule has 1 unspecified atom stereocenters. The molecule has 3 heteroatoms. The zero-order valence-corrected chi connectivity index (χ0v) is 10.3. The molecule has 78 valence electrons. The molecule has 14 heavy (non-hydrogen) atoms. The lowest BCUT2D eigenvalue weighted by Crippen LogP contribution is -1.98. The van der Waals surface area contributed by atoms with E-state index >= 15 is 0 Å². The maximum absolute atomic E-state index is 6.03. The van der Waals surface area contributed by atoms with Crippen LogP contribution >= 0.6 is 34.8 Å². The van der Waals surface area contributed by atoms with Crippen molar-refractivity contribution in [3.05, 3.63) is 33.8 Å². The quantitative estimate of drug-likeness (QED) is 0.665. The fraction of sp³-hybridized carbons (Fsp3) is 0.455. The summed E-state index contributed by atoms with van der Waals surface area (Å²) in [5.74, 6) is 0. The van der Waals surface area contributed by atoms with Gasteiger partial charge in [-0.3, -0.25) is 0 Å². The first-order chi connectivity index (χ1) is 6.63. The first kappa shape index (κ1) is 12.2. The van der Waals surface area contributed by atoms with Gasteiger partial charge in [0.15, 0.2) is 0 Å². The van der Waals surface area contributed by atoms with E-state index in [1.54, 1.807) is 0 Å². The Kier molecular flexibility index (Phi) is 5.08. The summed E-state index contributed by atoms with van der Waals surface area (Å²) in [6, 6.07) is 5.73. The molecule has 1 aromatic carbocycles. The van der Waals surface area contributed by atoms with Crippen molar-refractivity contribution in [3.63, 3.8) is 0 Å². The summed E-state index contributed by atoms with van der Waals surface area (Å²) in [4.78, 5) is 0. The Morgan fingerprint density at radius 3 is 2.50 bits per heavy atom. The highest BCUT2D eigenvalue weighted by Gasteiger charge is 2.03. The van der Waals surface area contributed by atoms with Crippen molar-refractivity contribution in [2.24, 2.45) is 0 Å². The first-order valence-electron chi connectivity index (χ1n) is 4.71. The van der Waals surface area contributed by atoms with Gasteiger partial charge in [-0.05, 0) is 37.0 Å². The van der Waals surface area contributed by atoms with E-state index in [4.69, 9.17) is 34.8 Å². The molecule has 0 aromatic heterocycles. The van der Waals surface area contributed by atoms with Gasteiger partial charge in [0.1, 0.15) is 0 Å². The Labute approximate surface area is 100 Å². The highest BCUT2D eigenvalue weighted by atomic mass is 35.5. The number of halogens is 3. The van der Waals surface area contributed by atoms with Gasteiger partial charge in [-0.15, -0.1) is 11.6 Å². The van der Waals surface area contributed by atoms with Crippen molar-refractivity contribution in [3.8, 4) is 0 Å². The molecule has 0 heterocycles. The van der Waals surface area contributed by atoms with Crippen molar-refractivity contribution in [2.75, 3.05) is 0 Å². The molecule has 0 N–H and O–H groups in total. The van der Waals surface area contributed by atoms with Gasteiger partial charge < -0.3 is 0 Å². The van der Waals surface area contributed by atoms with Gasteiger partial charge in [-0.25, -0.2) is 0 Å². The fourth-order valence-corrected chi connectivity index (χ4v) is 1.65. The number of hydrogen-bond acceptors (Lipinski definition) is 0. The van der Waals surface area contributed by atoms with E-state index in [0.29, 0.717) is 10.0 Å². The Balaban J connectivity index is 2.55. The Bertz CT molecular complexity index is 297. The Morgan fingerprint density at radius 1 is 1.21 bits per heavy atom. The van der Waals surface area contributed by atoms with Crippen LogP contribution in [-0.2, 0) is 6.42 Å². The van der Waals surface area contributed by atoms with Crippen LogP contribution < -0.4 is 0 Å². The molecular weight excluding hydrogens is 238 g/mol. The van der Waals surface area contributed by atoms with Crippen molar-refractivity contribution in [1.29, 1.82) is 0 Å². The first-order valence-corrected chi connectivity index (χ1v) is 5.90. The average molecular weight is 252 g/mol. The molecule has 0 aliphatic rings. The van der Waals surface area contributed by atoms with E-state index in [0.717, 1.165) is 19.3 Å². The van der Waals surface area contributed by atoms with Crippen LogP contribution in [0.3, 0.4) is 0 Å². The lowest BCUT2D eigenvalue weighted by Gasteiger charge is -2.06. The predicted molar refractivity (Wildman–Crippen MR) is 64.7 cm³/mol. The molecule has 1 atom stereocenters. The van der Waals surface area contributed by atoms with Crippen LogP contribution in [0.15, 0.2) is 18.2 Å². The van der Waals surface area contributed by atoms with Crippen molar-refractivity contribution < 1.29 is 0 Å². The van der Waals surface area contributed by atoms with Crippen molar-refractivity contribution in [2.45, 2.75) is 31.6 Å². The summed E-state index contributed by atoms with van der Waals surface area (Å²) < 4.78 is 0. The van der Waals surface area contributed by atoms with Crippen LogP contribution in [0.25, 0.3) is 0 Å². The van der Waals surface area contributed by atoms with E-state index in [2.05, 4.69) is 6.92 Å². The number of alkyl halides is 1. The lowest BCUT2D eigenvalue weighted by atomic mass is 10.1. The second kappa shape index (κ2) is 5.85. The number of aryl methyl sites for hydroxylation is 1. The largest absolute Gasteiger partial charge is 0.123 e. The molecule has 0 aliphatic carbocycles. The monoisotopic (exact) mass is 250 g/mol. The molecule has 1 aromatic rings. The van der Waals surface area contributed by atoms with Crippen LogP contribution in [0.5, 0.6) is 0 Å². The highest BCUT2D eigenvalue weighted by molar-refractivity contribution is 6.42. The van der Waals surface area contributed by atoms with Crippen molar-refractivity contribution >= 4 is 34.8 Å². The highest BCUT2D eigenvalue weighted by Crippen LogP contribution is 2.23. The third kappa shape index (κ3) is 3.68. The van der Waals surface area contributed by atoms with Gasteiger partial charge in [0.2, 0.25) is 0 Å². The molecular formula is C11H13Cl3. The van der Waals surface area contributed by atoms with Gasteiger partial charge in [-0.1, -0.05) is 36.2 Å². The molecule has 0 fully saturated rings. The molecule has 0 bridgehead atoms. The van der Waals surface area contributed by atoms with E-state index in [1.165, 1.54) is 5.56 Å². The van der Waals surface area contributed by atoms with Gasteiger partial charge in [0, 0.05) is 5.38 Å². The van der Waals surface area contributed by atoms with Gasteiger partial charge in [0.05, 0.1) is 10.0 Å². The third-order valence-electron chi connectivity index (χ3n) is 2.17. The zero-order chi connectivity index (χ0) is 10.6. The van der Waals surface area contributed by atoms with Crippen LogP contribution in [0, 0.1) is 0 Å². The second-order valence-corrected chi connectivity index (χ2v) is 4.72. The maximum atomic E-state index is 6.03. The molecule has 0 aliphatic heterocycles. The molecule has 0 amide bonds. The summed E-state index contributed by atoms with van der Waals surface area (Å²) in [7, 11) is 0. The fourth-order valence-electron chi connectivity index (χ4n) is 1.22. The summed E-state index contributed by atoms with van der Waals surface area (Å²) in [5.41, 5.74) is 1.19. The zero-order valence-electron chi connectivity index (χ0n) is 8.06. The molecule has 1 rings (SSSR count). The predicted octanol–water partition coefficient (Wildman–Crippen LogP) is 4.94. The Hall–Kier alpha value is 0.0900. The van der Waals surface area contributed by atoms with Crippen molar-refractivity contribution in [1.82, 2.24) is 0 Å². The molecule has 0 radical (unpaired) electrons. The minimum Gasteiger partial charge on any atom is -0.123 e. The van der Waals surface area contributed by atoms with Crippen LogP contribution in [0.1, 0.15) is 25.3 Å². The minimum absolute atomic E-state index is 0.254. The average Bonchev–Trinajstić information content (AvgIpc) is 2.19. The second-order valence-electron chi connectivity index (χ2n) is 3.29. The number of hydrogen-bond donors (Lipinski definition) is 0. The van der Waals surface area contributed by atoms with E-state index < -0.39 is 0 Å². The maximum Gasteiger partial charge on any atom is 0.0595 e. The summed E-state index contributed by atoms with van der Waals surface area (Å²) in [5, 5.41) is 1.48. The molecule has 0 spiro atoms. The van der Waals surface area contributed by atoms with E-state index in [1.807, 2.05) is 18.2 Å². The number of rotatable bonds is 4. The van der Waals surface area contributed by atoms with Gasteiger partial charge in [0.25, 0.3) is 0 Å². The summed E-state index contributed by atoms with van der Waals surface area (Å²) in [6.07, 6.45) is 2.94. The molecule has 0 saturated carbocycles. The van der Waals surface area contributed by atoms with Crippen LogP contribution in [-0.4, -0.2) is 5.38 Å². The SMILES string of the molecule is CCC(Cl)CCc1ccc(Cl)c(Cl)c1. The normalized spacial score (nSPS) is 12.9. The van der Waals surface area contributed by atoms with E-state index in [-0.39, 0.29) is 5.38 Å². The lowest BCUT2D eigenvalue weighted by molar-refractivity contribution is 0.727. The van der Waals surface area contributed by atoms with Crippen LogP contribution in [0.2, 0.25) is 10.0 Å². The van der Waals surface area contributed by atoms with Crippen LogP contribution in [0.4, 0.5) is 0 Å². The van der Waals surface area contributed by atoms with E-state index in [9.17, 15) is 0 Å². The minimum atomic E-state index is 0.254. The third-order valence-corrected chi connectivity index (χ3v) is 3.44. The molecule has 0 nitrogen and oxygen atoms in total. The molecule has 0 saturated heterocycles.